The summed E-state index contributed by atoms with van der Waals surface area (Å²) < 4.78 is 2.06. The first kappa shape index (κ1) is 18.1. The Hall–Kier alpha value is -2.92. The summed E-state index contributed by atoms with van der Waals surface area (Å²) >= 11 is 1.54. The van der Waals surface area contributed by atoms with Crippen LogP contribution in [-0.4, -0.2) is 15.9 Å². The zero-order chi connectivity index (χ0) is 19.6. The minimum absolute atomic E-state index is 0.305. The van der Waals surface area contributed by atoms with E-state index in [-0.39, 0.29) is 0 Å². The fourth-order valence-corrected chi connectivity index (χ4v) is 5.21. The number of benzene rings is 2. The van der Waals surface area contributed by atoms with E-state index in [2.05, 4.69) is 15.6 Å². The Kier molecular flexibility index (Phi) is 4.90. The molecule has 146 valence electrons. The minimum atomic E-state index is 0.305. The fraction of sp³-hybridized carbons (Fsp3) is 0.250. The van der Waals surface area contributed by atoms with Gasteiger partial charge >= 0.3 is 0 Å². The van der Waals surface area contributed by atoms with Crippen LogP contribution in [0.5, 0.6) is 5.88 Å². The molecule has 1 N–H and O–H groups in total. The van der Waals surface area contributed by atoms with Gasteiger partial charge in [-0.25, -0.2) is 4.99 Å². The Morgan fingerprint density at radius 1 is 1.00 bits per heavy atom. The average Bonchev–Trinajstić information content (AvgIpc) is 3.31. The Morgan fingerprint density at radius 3 is 2.59 bits per heavy atom. The highest BCUT2D eigenvalue weighted by molar-refractivity contribution is 7.10. The van der Waals surface area contributed by atoms with Gasteiger partial charge in [0.2, 0.25) is 5.88 Å². The molecule has 2 heterocycles. The van der Waals surface area contributed by atoms with Crippen LogP contribution in [0, 0.1) is 0 Å². The maximum Gasteiger partial charge on any atom is 0.211 e. The second kappa shape index (κ2) is 7.84. The van der Waals surface area contributed by atoms with E-state index in [0.29, 0.717) is 11.9 Å². The highest BCUT2D eigenvalue weighted by Gasteiger charge is 2.23. The van der Waals surface area contributed by atoms with Gasteiger partial charge in [0.05, 0.1) is 16.3 Å². The molecule has 0 amide bonds. The van der Waals surface area contributed by atoms with Gasteiger partial charge in [-0.05, 0) is 37.1 Å². The molecule has 1 saturated carbocycles. The minimum Gasteiger partial charge on any atom is -0.493 e. The highest BCUT2D eigenvalue weighted by atomic mass is 32.1. The summed E-state index contributed by atoms with van der Waals surface area (Å²) in [5.74, 6) is 0.321. The summed E-state index contributed by atoms with van der Waals surface area (Å²) in [7, 11) is 0. The van der Waals surface area contributed by atoms with Crippen LogP contribution in [0.2, 0.25) is 0 Å². The van der Waals surface area contributed by atoms with Gasteiger partial charge in [-0.3, -0.25) is 9.56 Å². The van der Waals surface area contributed by atoms with Crippen molar-refractivity contribution < 1.29 is 5.11 Å². The number of thiazole rings is 1. The Bertz CT molecular complexity index is 1150. The molecule has 2 aromatic carbocycles. The van der Waals surface area contributed by atoms with Crippen LogP contribution in [0.3, 0.4) is 0 Å². The van der Waals surface area contributed by atoms with E-state index in [1.807, 2.05) is 60.8 Å². The van der Waals surface area contributed by atoms with E-state index >= 15 is 0 Å². The number of fused-ring (bicyclic) bond motifs is 1. The molecule has 29 heavy (non-hydrogen) atoms. The number of rotatable bonds is 3. The topological polar surface area (TPSA) is 49.9 Å². The van der Waals surface area contributed by atoms with Crippen LogP contribution in [0.4, 0.5) is 11.4 Å². The lowest BCUT2D eigenvalue weighted by Crippen LogP contribution is -2.22. The number of hydrogen-bond donors (Lipinski definition) is 1. The number of aromatic nitrogens is 1. The normalized spacial score (nSPS) is 18.5. The lowest BCUT2D eigenvalue weighted by atomic mass is 9.95. The largest absolute Gasteiger partial charge is 0.493 e. The molecule has 0 atom stereocenters. The molecular weight excluding hydrogens is 378 g/mol. The number of allylic oxidation sites excluding steroid dienone is 1. The fourth-order valence-electron chi connectivity index (χ4n) is 4.15. The van der Waals surface area contributed by atoms with E-state index in [1.54, 1.807) is 11.3 Å². The van der Waals surface area contributed by atoms with E-state index in [9.17, 15) is 5.11 Å². The van der Waals surface area contributed by atoms with Crippen LogP contribution in [-0.2, 0) is 0 Å². The molecule has 0 unspecified atom stereocenters. The maximum absolute atomic E-state index is 11.2. The SMILES string of the molecule is Oc1c(C=C2C=Nc3ccccc32)sc(=Nc2ccccc2)n1C1CCCCC1. The summed E-state index contributed by atoms with van der Waals surface area (Å²) in [5.41, 5.74) is 4.01. The van der Waals surface area contributed by atoms with Gasteiger partial charge in [0.1, 0.15) is 0 Å². The maximum atomic E-state index is 11.2. The molecule has 2 aliphatic rings. The second-order valence-corrected chi connectivity index (χ2v) is 8.57. The van der Waals surface area contributed by atoms with Gasteiger partial charge in [0.15, 0.2) is 4.80 Å². The molecule has 0 saturated heterocycles. The number of hydrogen-bond acceptors (Lipinski definition) is 4. The third-order valence-electron chi connectivity index (χ3n) is 5.62. The first-order valence-electron chi connectivity index (χ1n) is 10.2. The summed E-state index contributed by atoms with van der Waals surface area (Å²) in [4.78, 5) is 11.1. The third kappa shape index (κ3) is 3.58. The Morgan fingerprint density at radius 2 is 1.76 bits per heavy atom. The van der Waals surface area contributed by atoms with Gasteiger partial charge in [0, 0.05) is 23.4 Å². The summed E-state index contributed by atoms with van der Waals surface area (Å²) in [5, 5.41) is 11.2. The Balaban J connectivity index is 1.63. The molecular formula is C24H23N3OS. The second-order valence-electron chi connectivity index (χ2n) is 7.56. The Labute approximate surface area is 174 Å². The molecule has 4 nitrogen and oxygen atoms in total. The molecule has 1 aliphatic carbocycles. The molecule has 1 fully saturated rings. The predicted octanol–water partition coefficient (Wildman–Crippen LogP) is 6.25. The number of para-hydroxylation sites is 2. The van der Waals surface area contributed by atoms with Crippen molar-refractivity contribution in [3.63, 3.8) is 0 Å². The molecule has 1 aliphatic heterocycles. The smallest absolute Gasteiger partial charge is 0.211 e. The van der Waals surface area contributed by atoms with Crippen molar-refractivity contribution in [3.05, 3.63) is 69.8 Å². The van der Waals surface area contributed by atoms with Crippen molar-refractivity contribution in [1.82, 2.24) is 4.57 Å². The molecule has 1 aromatic heterocycles. The predicted molar refractivity (Wildman–Crippen MR) is 120 cm³/mol. The molecule has 0 bridgehead atoms. The molecule has 3 aromatic rings. The lowest BCUT2D eigenvalue weighted by molar-refractivity contribution is 0.307. The molecule has 5 rings (SSSR count). The van der Waals surface area contributed by atoms with Crippen molar-refractivity contribution in [2.24, 2.45) is 9.98 Å². The van der Waals surface area contributed by atoms with Gasteiger partial charge in [-0.2, -0.15) is 0 Å². The van der Waals surface area contributed by atoms with E-state index in [1.165, 1.54) is 19.3 Å². The highest BCUT2D eigenvalue weighted by Crippen LogP contribution is 2.37. The quantitative estimate of drug-likeness (QED) is 0.554. The van der Waals surface area contributed by atoms with E-state index < -0.39 is 0 Å². The molecule has 0 spiro atoms. The van der Waals surface area contributed by atoms with Gasteiger partial charge in [-0.15, -0.1) is 0 Å². The summed E-state index contributed by atoms with van der Waals surface area (Å²) in [6.45, 7) is 0. The van der Waals surface area contributed by atoms with Crippen LogP contribution in [0.15, 0.2) is 64.6 Å². The number of aliphatic imine (C=N–C) groups is 1. The number of aromatic hydroxyl groups is 1. The van der Waals surface area contributed by atoms with Crippen molar-refractivity contribution in [1.29, 1.82) is 0 Å². The lowest BCUT2D eigenvalue weighted by Gasteiger charge is -2.23. The number of nitrogens with zero attached hydrogens (tertiary/aromatic N) is 3. The van der Waals surface area contributed by atoms with Crippen LogP contribution in [0.1, 0.15) is 48.6 Å². The zero-order valence-electron chi connectivity index (χ0n) is 16.2. The first-order valence-corrected chi connectivity index (χ1v) is 11.0. The third-order valence-corrected chi connectivity index (χ3v) is 6.61. The van der Waals surface area contributed by atoms with Crippen molar-refractivity contribution in [2.45, 2.75) is 38.1 Å². The van der Waals surface area contributed by atoms with Crippen LogP contribution < -0.4 is 4.80 Å². The van der Waals surface area contributed by atoms with Crippen molar-refractivity contribution in [2.75, 3.05) is 0 Å². The molecule has 5 heteroatoms. The summed E-state index contributed by atoms with van der Waals surface area (Å²) in [6, 6.07) is 18.4. The zero-order valence-corrected chi connectivity index (χ0v) is 17.0. The summed E-state index contributed by atoms with van der Waals surface area (Å²) in [6.07, 6.45) is 9.78. The standard InChI is InChI=1S/C24H23N3OS/c28-23-22(15-17-16-25-21-14-8-7-13-20(17)21)29-24(26-18-9-3-1-4-10-18)27(23)19-11-5-2-6-12-19/h1,3-4,7-10,13-16,19,28H,2,5-6,11-12H2. The first-order chi connectivity index (χ1) is 14.3. The van der Waals surface area contributed by atoms with Gasteiger partial charge in [0.25, 0.3) is 0 Å². The van der Waals surface area contributed by atoms with Crippen LogP contribution in [0.25, 0.3) is 11.6 Å². The van der Waals surface area contributed by atoms with E-state index in [4.69, 9.17) is 4.99 Å². The van der Waals surface area contributed by atoms with Gasteiger partial charge < -0.3 is 5.11 Å². The molecule has 0 radical (unpaired) electrons. The van der Waals surface area contributed by atoms with Gasteiger partial charge in [-0.1, -0.05) is 67.0 Å². The van der Waals surface area contributed by atoms with Crippen LogP contribution >= 0.6 is 11.3 Å². The monoisotopic (exact) mass is 401 g/mol. The van der Waals surface area contributed by atoms with Crippen molar-refractivity contribution >= 4 is 40.6 Å². The van der Waals surface area contributed by atoms with Crippen molar-refractivity contribution in [3.8, 4) is 5.88 Å². The average molecular weight is 402 g/mol. The van der Waals surface area contributed by atoms with E-state index in [0.717, 1.165) is 45.0 Å².